The zero-order valence-electron chi connectivity index (χ0n) is 9.91. The minimum absolute atomic E-state index is 0.117. The van der Waals surface area contributed by atoms with E-state index in [9.17, 15) is 0 Å². The third-order valence-corrected chi connectivity index (χ3v) is 3.32. The highest BCUT2D eigenvalue weighted by Gasteiger charge is 2.16. The molecule has 1 aromatic rings. The molecule has 0 saturated carbocycles. The Morgan fingerprint density at radius 2 is 2.41 bits per heavy atom. The Morgan fingerprint density at radius 1 is 1.59 bits per heavy atom. The molecule has 0 bridgehead atoms. The summed E-state index contributed by atoms with van der Waals surface area (Å²) in [7, 11) is 0. The van der Waals surface area contributed by atoms with Gasteiger partial charge in [0.15, 0.2) is 6.29 Å². The van der Waals surface area contributed by atoms with Gasteiger partial charge in [-0.25, -0.2) is 4.98 Å². The normalized spacial score (nSPS) is 20.5. The van der Waals surface area contributed by atoms with Gasteiger partial charge >= 0.3 is 0 Å². The molecule has 2 heterocycles. The standard InChI is InChI=1S/C12H17ClN2O2/c1-8-9(10(13)6-15-12(8)14)7-17-11-4-2-3-5-16-11/h6,11H,2-5,7H2,1H3,(H2,14,15). The fourth-order valence-corrected chi connectivity index (χ4v) is 2.08. The van der Waals surface area contributed by atoms with Crippen molar-refractivity contribution in [2.24, 2.45) is 0 Å². The summed E-state index contributed by atoms with van der Waals surface area (Å²) in [6, 6.07) is 0. The Bertz CT molecular complexity index is 392. The first-order valence-corrected chi connectivity index (χ1v) is 6.19. The number of nitrogen functional groups attached to an aromatic ring is 1. The highest BCUT2D eigenvalue weighted by Crippen LogP contribution is 2.24. The predicted molar refractivity (Wildman–Crippen MR) is 66.8 cm³/mol. The number of anilines is 1. The van der Waals surface area contributed by atoms with Crippen LogP contribution in [-0.2, 0) is 16.1 Å². The van der Waals surface area contributed by atoms with Crippen LogP contribution in [0.1, 0.15) is 30.4 Å². The molecular weight excluding hydrogens is 240 g/mol. The van der Waals surface area contributed by atoms with Gasteiger partial charge in [-0.3, -0.25) is 0 Å². The van der Waals surface area contributed by atoms with Gasteiger partial charge in [0, 0.05) is 18.4 Å². The second-order valence-electron chi connectivity index (χ2n) is 4.20. The van der Waals surface area contributed by atoms with Crippen LogP contribution in [0.3, 0.4) is 0 Å². The van der Waals surface area contributed by atoms with Crippen LogP contribution in [0.25, 0.3) is 0 Å². The van der Waals surface area contributed by atoms with Crippen LogP contribution in [0.2, 0.25) is 5.02 Å². The van der Waals surface area contributed by atoms with Crippen LogP contribution >= 0.6 is 11.6 Å². The Hall–Kier alpha value is -0.840. The van der Waals surface area contributed by atoms with Gasteiger partial charge in [0.05, 0.1) is 11.6 Å². The first-order chi connectivity index (χ1) is 8.18. The molecule has 1 aromatic heterocycles. The SMILES string of the molecule is Cc1c(N)ncc(Cl)c1COC1CCCCO1. The molecule has 2 N–H and O–H groups in total. The number of aromatic nitrogens is 1. The molecule has 0 spiro atoms. The molecule has 1 saturated heterocycles. The van der Waals surface area contributed by atoms with Crippen LogP contribution < -0.4 is 5.73 Å². The van der Waals surface area contributed by atoms with E-state index in [0.29, 0.717) is 17.4 Å². The maximum atomic E-state index is 6.08. The zero-order chi connectivity index (χ0) is 12.3. The molecule has 0 aromatic carbocycles. The molecule has 1 atom stereocenters. The van der Waals surface area contributed by atoms with Crippen molar-refractivity contribution in [2.45, 2.75) is 39.1 Å². The molecule has 2 rings (SSSR count). The molecule has 0 amide bonds. The smallest absolute Gasteiger partial charge is 0.158 e. The average Bonchev–Trinajstić information content (AvgIpc) is 2.35. The van der Waals surface area contributed by atoms with Gasteiger partial charge in [-0.1, -0.05) is 11.6 Å². The third kappa shape index (κ3) is 3.09. The van der Waals surface area contributed by atoms with Crippen molar-refractivity contribution in [1.29, 1.82) is 0 Å². The van der Waals surface area contributed by atoms with Gasteiger partial charge < -0.3 is 15.2 Å². The van der Waals surface area contributed by atoms with E-state index in [1.165, 1.54) is 0 Å². The number of nitrogens with two attached hydrogens (primary N) is 1. The summed E-state index contributed by atoms with van der Waals surface area (Å²) in [5.74, 6) is 0.498. The van der Waals surface area contributed by atoms with Crippen molar-refractivity contribution >= 4 is 17.4 Å². The highest BCUT2D eigenvalue weighted by atomic mass is 35.5. The maximum absolute atomic E-state index is 6.08. The first kappa shape index (κ1) is 12.6. The number of ether oxygens (including phenoxy) is 2. The third-order valence-electron chi connectivity index (χ3n) is 2.99. The van der Waals surface area contributed by atoms with Crippen molar-refractivity contribution in [2.75, 3.05) is 12.3 Å². The fourth-order valence-electron chi connectivity index (χ4n) is 1.83. The predicted octanol–water partition coefficient (Wildman–Crippen LogP) is 2.67. The van der Waals surface area contributed by atoms with Crippen molar-refractivity contribution in [3.63, 3.8) is 0 Å². The van der Waals surface area contributed by atoms with E-state index in [2.05, 4.69) is 4.98 Å². The summed E-state index contributed by atoms with van der Waals surface area (Å²) >= 11 is 6.08. The second-order valence-corrected chi connectivity index (χ2v) is 4.61. The molecule has 0 radical (unpaired) electrons. The average molecular weight is 257 g/mol. The Balaban J connectivity index is 2.00. The summed E-state index contributed by atoms with van der Waals surface area (Å²) in [5.41, 5.74) is 7.52. The van der Waals surface area contributed by atoms with Crippen molar-refractivity contribution in [3.05, 3.63) is 22.3 Å². The van der Waals surface area contributed by atoms with Crippen LogP contribution in [0.5, 0.6) is 0 Å². The zero-order valence-corrected chi connectivity index (χ0v) is 10.7. The molecule has 1 aliphatic rings. The van der Waals surface area contributed by atoms with E-state index < -0.39 is 0 Å². The van der Waals surface area contributed by atoms with E-state index in [0.717, 1.165) is 37.0 Å². The van der Waals surface area contributed by atoms with E-state index in [-0.39, 0.29) is 6.29 Å². The molecule has 17 heavy (non-hydrogen) atoms. The molecule has 1 unspecified atom stereocenters. The lowest BCUT2D eigenvalue weighted by molar-refractivity contribution is -0.169. The Labute approximate surface area is 106 Å². The summed E-state index contributed by atoms with van der Waals surface area (Å²) in [4.78, 5) is 3.99. The molecule has 0 aliphatic carbocycles. The number of hydrogen-bond acceptors (Lipinski definition) is 4. The minimum Gasteiger partial charge on any atom is -0.383 e. The lowest BCUT2D eigenvalue weighted by Crippen LogP contribution is -2.22. The van der Waals surface area contributed by atoms with Gasteiger partial charge in [-0.2, -0.15) is 0 Å². The summed E-state index contributed by atoms with van der Waals surface area (Å²) < 4.78 is 11.2. The van der Waals surface area contributed by atoms with E-state index >= 15 is 0 Å². The van der Waals surface area contributed by atoms with E-state index in [1.807, 2.05) is 6.92 Å². The van der Waals surface area contributed by atoms with Gasteiger partial charge in [0.25, 0.3) is 0 Å². The molecule has 4 nitrogen and oxygen atoms in total. The molecule has 5 heteroatoms. The minimum atomic E-state index is -0.117. The van der Waals surface area contributed by atoms with Crippen LogP contribution in [0, 0.1) is 6.92 Å². The molecule has 94 valence electrons. The van der Waals surface area contributed by atoms with E-state index in [4.69, 9.17) is 26.8 Å². The van der Waals surface area contributed by atoms with Crippen molar-refractivity contribution in [1.82, 2.24) is 4.98 Å². The lowest BCUT2D eigenvalue weighted by Gasteiger charge is -2.23. The number of halogens is 1. The van der Waals surface area contributed by atoms with Crippen LogP contribution in [-0.4, -0.2) is 17.9 Å². The molecule has 1 aliphatic heterocycles. The maximum Gasteiger partial charge on any atom is 0.158 e. The first-order valence-electron chi connectivity index (χ1n) is 5.81. The van der Waals surface area contributed by atoms with E-state index in [1.54, 1.807) is 6.20 Å². The monoisotopic (exact) mass is 256 g/mol. The van der Waals surface area contributed by atoms with Crippen LogP contribution in [0.15, 0.2) is 6.20 Å². The summed E-state index contributed by atoms with van der Waals surface area (Å²) in [5, 5.41) is 0.590. The Kier molecular flexibility index (Phi) is 4.20. The fraction of sp³-hybridized carbons (Fsp3) is 0.583. The topological polar surface area (TPSA) is 57.4 Å². The van der Waals surface area contributed by atoms with Gasteiger partial charge in [-0.15, -0.1) is 0 Å². The number of hydrogen-bond donors (Lipinski definition) is 1. The molecule has 1 fully saturated rings. The number of rotatable bonds is 3. The van der Waals surface area contributed by atoms with Crippen molar-refractivity contribution in [3.8, 4) is 0 Å². The van der Waals surface area contributed by atoms with Gasteiger partial charge in [0.1, 0.15) is 5.82 Å². The van der Waals surface area contributed by atoms with Crippen LogP contribution in [0.4, 0.5) is 5.82 Å². The van der Waals surface area contributed by atoms with Crippen molar-refractivity contribution < 1.29 is 9.47 Å². The number of nitrogens with zero attached hydrogens (tertiary/aromatic N) is 1. The Morgan fingerprint density at radius 3 is 3.12 bits per heavy atom. The number of pyridine rings is 1. The van der Waals surface area contributed by atoms with Gasteiger partial charge in [0.2, 0.25) is 0 Å². The quantitative estimate of drug-likeness (QED) is 0.903. The molecular formula is C12H17ClN2O2. The summed E-state index contributed by atoms with van der Waals surface area (Å²) in [6.45, 7) is 3.09. The largest absolute Gasteiger partial charge is 0.383 e. The second kappa shape index (κ2) is 5.67. The van der Waals surface area contributed by atoms with Gasteiger partial charge in [-0.05, 0) is 31.7 Å². The summed E-state index contributed by atoms with van der Waals surface area (Å²) in [6.07, 6.45) is 4.65. The lowest BCUT2D eigenvalue weighted by atomic mass is 10.1. The highest BCUT2D eigenvalue weighted by molar-refractivity contribution is 6.31.